The average Bonchev–Trinajstić information content (AvgIpc) is 3.34. The van der Waals surface area contributed by atoms with E-state index in [9.17, 15) is 27.9 Å². The van der Waals surface area contributed by atoms with Crippen molar-refractivity contribution in [2.45, 2.75) is 32.7 Å². The number of aromatic nitrogens is 5. The summed E-state index contributed by atoms with van der Waals surface area (Å²) in [6, 6.07) is 4.91. The molecular formula is C26H24F3N7O3. The van der Waals surface area contributed by atoms with Crippen molar-refractivity contribution in [1.82, 2.24) is 29.6 Å². The van der Waals surface area contributed by atoms with Gasteiger partial charge in [-0.2, -0.15) is 5.10 Å². The quantitative estimate of drug-likeness (QED) is 0.386. The van der Waals surface area contributed by atoms with E-state index >= 15 is 0 Å². The highest BCUT2D eigenvalue weighted by Crippen LogP contribution is 2.40. The first-order valence-electron chi connectivity index (χ1n) is 12.0. The predicted molar refractivity (Wildman–Crippen MR) is 134 cm³/mol. The Morgan fingerprint density at radius 2 is 1.90 bits per heavy atom. The molecule has 4 aromatic rings. The SMILES string of the molecule is Cc1nc2c(cc1F)c(-c1nc3c(c(C(=O)N(C)CCO)n1)C(C)(C)C(=O)N3)nn2Cc1cccc(F)c1F. The molecule has 0 atom stereocenters. The van der Waals surface area contributed by atoms with Crippen LogP contribution in [0.1, 0.15) is 41.2 Å². The largest absolute Gasteiger partial charge is 0.395 e. The van der Waals surface area contributed by atoms with Gasteiger partial charge in [0, 0.05) is 24.7 Å². The first kappa shape index (κ1) is 26.2. The van der Waals surface area contributed by atoms with Crippen molar-refractivity contribution in [1.29, 1.82) is 0 Å². The van der Waals surface area contributed by atoms with Gasteiger partial charge in [0.2, 0.25) is 5.91 Å². The fourth-order valence-electron chi connectivity index (χ4n) is 4.48. The fourth-order valence-corrected chi connectivity index (χ4v) is 4.48. The van der Waals surface area contributed by atoms with Crippen LogP contribution < -0.4 is 5.32 Å². The molecule has 0 spiro atoms. The standard InChI is InChI=1S/C26H24F3N7O3/c1-12-16(28)10-14-19(34-36(23(14)30-12)11-13-6-5-7-15(27)18(13)29)22-31-20(24(38)35(4)8-9-37)17-21(32-22)33-25(39)26(17,2)3/h5-7,10,37H,8-9,11H2,1-4H3,(H,31,32,33,39). The highest BCUT2D eigenvalue weighted by Gasteiger charge is 2.44. The van der Waals surface area contributed by atoms with Crippen LogP contribution in [-0.2, 0) is 16.8 Å². The summed E-state index contributed by atoms with van der Waals surface area (Å²) in [5, 5.41) is 16.6. The summed E-state index contributed by atoms with van der Waals surface area (Å²) in [5.41, 5.74) is -0.731. The summed E-state index contributed by atoms with van der Waals surface area (Å²) in [4.78, 5) is 40.5. The molecular weight excluding hydrogens is 515 g/mol. The number of hydrogen-bond acceptors (Lipinski definition) is 7. The second kappa shape index (κ2) is 9.42. The van der Waals surface area contributed by atoms with E-state index in [1.54, 1.807) is 13.8 Å². The molecule has 5 rings (SSSR count). The summed E-state index contributed by atoms with van der Waals surface area (Å²) in [6.45, 7) is 4.18. The van der Waals surface area contributed by atoms with Crippen molar-refractivity contribution in [3.05, 3.63) is 64.2 Å². The Labute approximate surface area is 220 Å². The summed E-state index contributed by atoms with van der Waals surface area (Å²) in [5.74, 6) is -3.72. The van der Waals surface area contributed by atoms with Gasteiger partial charge >= 0.3 is 0 Å². The number of nitrogens with one attached hydrogen (secondary N) is 1. The van der Waals surface area contributed by atoms with E-state index in [1.165, 1.54) is 41.8 Å². The van der Waals surface area contributed by atoms with Crippen LogP contribution in [-0.4, -0.2) is 66.8 Å². The number of carbonyl (C=O) groups is 2. The molecule has 1 aliphatic rings. The summed E-state index contributed by atoms with van der Waals surface area (Å²) >= 11 is 0. The Balaban J connectivity index is 1.74. The average molecular weight is 540 g/mol. The zero-order valence-corrected chi connectivity index (χ0v) is 21.5. The number of aryl methyl sites for hydroxylation is 1. The molecule has 0 radical (unpaired) electrons. The number of likely N-dealkylation sites (N-methyl/N-ethyl adjacent to an activating group) is 1. The third kappa shape index (κ3) is 4.28. The number of anilines is 1. The van der Waals surface area contributed by atoms with Crippen LogP contribution in [0.2, 0.25) is 0 Å². The van der Waals surface area contributed by atoms with Gasteiger partial charge in [0.25, 0.3) is 5.91 Å². The van der Waals surface area contributed by atoms with Crippen molar-refractivity contribution in [3.63, 3.8) is 0 Å². The minimum atomic E-state index is -1.14. The smallest absolute Gasteiger partial charge is 0.272 e. The molecule has 0 fully saturated rings. The monoisotopic (exact) mass is 539 g/mol. The van der Waals surface area contributed by atoms with Crippen LogP contribution >= 0.6 is 0 Å². The van der Waals surface area contributed by atoms with Gasteiger partial charge < -0.3 is 15.3 Å². The van der Waals surface area contributed by atoms with Crippen molar-refractivity contribution >= 4 is 28.7 Å². The molecule has 0 saturated carbocycles. The van der Waals surface area contributed by atoms with E-state index in [0.29, 0.717) is 0 Å². The molecule has 2 amide bonds. The predicted octanol–water partition coefficient (Wildman–Crippen LogP) is 2.96. The summed E-state index contributed by atoms with van der Waals surface area (Å²) in [6.07, 6.45) is 0. The van der Waals surface area contributed by atoms with Gasteiger partial charge in [-0.25, -0.2) is 32.8 Å². The fraction of sp³-hybridized carbons (Fsp3) is 0.308. The summed E-state index contributed by atoms with van der Waals surface area (Å²) in [7, 11) is 1.48. The lowest BCUT2D eigenvalue weighted by Crippen LogP contribution is -2.34. The number of carbonyl (C=O) groups excluding carboxylic acids is 2. The van der Waals surface area contributed by atoms with Gasteiger partial charge in [0.05, 0.1) is 29.6 Å². The molecule has 3 aromatic heterocycles. The number of halogens is 3. The molecule has 1 aromatic carbocycles. The van der Waals surface area contributed by atoms with Crippen LogP contribution in [0.25, 0.3) is 22.6 Å². The molecule has 0 bridgehead atoms. The first-order valence-corrected chi connectivity index (χ1v) is 12.0. The molecule has 1 aliphatic heterocycles. The van der Waals surface area contributed by atoms with E-state index in [0.717, 1.165) is 6.07 Å². The molecule has 13 heteroatoms. The maximum absolute atomic E-state index is 14.7. The third-order valence-corrected chi connectivity index (χ3v) is 6.73. The van der Waals surface area contributed by atoms with Gasteiger partial charge in [0.15, 0.2) is 23.1 Å². The lowest BCUT2D eigenvalue weighted by Gasteiger charge is -2.21. The van der Waals surface area contributed by atoms with Crippen LogP contribution in [0.4, 0.5) is 19.0 Å². The van der Waals surface area contributed by atoms with E-state index in [-0.39, 0.29) is 70.6 Å². The molecule has 0 unspecified atom stereocenters. The van der Waals surface area contributed by atoms with Crippen LogP contribution in [0.5, 0.6) is 0 Å². The minimum absolute atomic E-state index is 0.0138. The highest BCUT2D eigenvalue weighted by molar-refractivity contribution is 6.09. The van der Waals surface area contributed by atoms with E-state index in [4.69, 9.17) is 0 Å². The Hall–Kier alpha value is -4.39. The van der Waals surface area contributed by atoms with Gasteiger partial charge in [-0.15, -0.1) is 0 Å². The van der Waals surface area contributed by atoms with Crippen molar-refractivity contribution in [2.24, 2.45) is 0 Å². The van der Waals surface area contributed by atoms with Crippen LogP contribution in [0, 0.1) is 24.4 Å². The number of amides is 2. The molecule has 39 heavy (non-hydrogen) atoms. The highest BCUT2D eigenvalue weighted by atomic mass is 19.2. The van der Waals surface area contributed by atoms with Crippen molar-refractivity contribution in [3.8, 4) is 11.5 Å². The number of rotatable bonds is 6. The number of aliphatic hydroxyl groups excluding tert-OH is 1. The van der Waals surface area contributed by atoms with Crippen molar-refractivity contribution < 1.29 is 27.9 Å². The topological polar surface area (TPSA) is 126 Å². The zero-order chi connectivity index (χ0) is 28.2. The number of fused-ring (bicyclic) bond motifs is 2. The van der Waals surface area contributed by atoms with Crippen LogP contribution in [0.15, 0.2) is 24.3 Å². The maximum atomic E-state index is 14.7. The van der Waals surface area contributed by atoms with E-state index in [2.05, 4.69) is 25.4 Å². The van der Waals surface area contributed by atoms with Crippen molar-refractivity contribution in [2.75, 3.05) is 25.5 Å². The number of aliphatic hydroxyl groups is 1. The van der Waals surface area contributed by atoms with E-state index in [1.807, 2.05) is 0 Å². The third-order valence-electron chi connectivity index (χ3n) is 6.73. The van der Waals surface area contributed by atoms with Crippen LogP contribution in [0.3, 0.4) is 0 Å². The number of pyridine rings is 1. The number of hydrogen-bond donors (Lipinski definition) is 2. The molecule has 202 valence electrons. The Morgan fingerprint density at radius 3 is 2.62 bits per heavy atom. The number of nitrogens with zero attached hydrogens (tertiary/aromatic N) is 6. The Morgan fingerprint density at radius 1 is 1.15 bits per heavy atom. The Kier molecular flexibility index (Phi) is 6.33. The zero-order valence-electron chi connectivity index (χ0n) is 21.5. The molecule has 0 saturated heterocycles. The maximum Gasteiger partial charge on any atom is 0.272 e. The van der Waals surface area contributed by atoms with Gasteiger partial charge in [-0.3, -0.25) is 9.59 Å². The normalized spacial score (nSPS) is 14.0. The lowest BCUT2D eigenvalue weighted by atomic mass is 9.85. The lowest BCUT2D eigenvalue weighted by molar-refractivity contribution is -0.119. The second-order valence-corrected chi connectivity index (χ2v) is 9.79. The molecule has 0 aliphatic carbocycles. The minimum Gasteiger partial charge on any atom is -0.395 e. The molecule has 2 N–H and O–H groups in total. The van der Waals surface area contributed by atoms with E-state index < -0.39 is 34.7 Å². The van der Waals surface area contributed by atoms with Gasteiger partial charge in [0.1, 0.15) is 23.0 Å². The second-order valence-electron chi connectivity index (χ2n) is 9.79. The van der Waals surface area contributed by atoms with Gasteiger partial charge in [-0.1, -0.05) is 12.1 Å². The number of benzene rings is 1. The molecule has 4 heterocycles. The Bertz CT molecular complexity index is 1670. The summed E-state index contributed by atoms with van der Waals surface area (Å²) < 4.78 is 44.3. The van der Waals surface area contributed by atoms with Gasteiger partial charge in [-0.05, 0) is 32.9 Å². The first-order chi connectivity index (χ1) is 18.4. The molecule has 10 nitrogen and oxygen atoms in total.